The number of halogens is 5. The van der Waals surface area contributed by atoms with Crippen LogP contribution in [0, 0.1) is 0 Å². The van der Waals surface area contributed by atoms with Gasteiger partial charge in [0.2, 0.25) is 21.8 Å². The van der Waals surface area contributed by atoms with E-state index in [1.807, 2.05) is 0 Å². The summed E-state index contributed by atoms with van der Waals surface area (Å²) in [5.41, 5.74) is -0.244. The van der Waals surface area contributed by atoms with Gasteiger partial charge in [0.15, 0.2) is 0 Å². The second-order valence-electron chi connectivity index (χ2n) is 9.95. The number of carbonyl (C=O) groups is 2. The molecule has 0 saturated carbocycles. The molecule has 1 N–H and O–H groups in total. The van der Waals surface area contributed by atoms with Crippen LogP contribution in [0.5, 0.6) is 0 Å². The molecule has 1 unspecified atom stereocenters. The molecule has 3 aromatic rings. The summed E-state index contributed by atoms with van der Waals surface area (Å²) in [6, 6.07) is 16.8. The van der Waals surface area contributed by atoms with Crippen molar-refractivity contribution in [2.24, 2.45) is 0 Å². The number of amides is 2. The molecule has 0 saturated heterocycles. The van der Waals surface area contributed by atoms with Gasteiger partial charge in [-0.3, -0.25) is 13.9 Å². The van der Waals surface area contributed by atoms with Gasteiger partial charge in [0.05, 0.1) is 22.5 Å². The normalized spacial score (nSPS) is 12.6. The fraction of sp³-hybridized carbons (Fsp3) is 0.310. The minimum absolute atomic E-state index is 0.0803. The molecule has 0 radical (unpaired) electrons. The molecule has 0 heterocycles. The summed E-state index contributed by atoms with van der Waals surface area (Å²) < 4.78 is 67.5. The van der Waals surface area contributed by atoms with Crippen LogP contribution in [0.25, 0.3) is 0 Å². The second kappa shape index (κ2) is 13.9. The highest BCUT2D eigenvalue weighted by molar-refractivity contribution is 9.10. The van der Waals surface area contributed by atoms with Crippen molar-refractivity contribution >= 4 is 55.1 Å². The minimum atomic E-state index is -4.78. The van der Waals surface area contributed by atoms with Crippen molar-refractivity contribution in [3.8, 4) is 0 Å². The Kier molecular flexibility index (Phi) is 11.1. The fourth-order valence-electron chi connectivity index (χ4n) is 4.20. The Morgan fingerprint density at radius 1 is 0.976 bits per heavy atom. The Bertz CT molecular complexity index is 1500. The van der Waals surface area contributed by atoms with Crippen molar-refractivity contribution in [1.29, 1.82) is 0 Å². The molecule has 0 bridgehead atoms. The lowest BCUT2D eigenvalue weighted by Crippen LogP contribution is -2.54. The molecule has 0 aliphatic heterocycles. The maximum atomic E-state index is 14.0. The number of carbonyl (C=O) groups excluding carboxylic acids is 2. The van der Waals surface area contributed by atoms with E-state index in [0.717, 1.165) is 28.4 Å². The highest BCUT2D eigenvalue weighted by atomic mass is 79.9. The van der Waals surface area contributed by atoms with Crippen molar-refractivity contribution in [3.05, 3.63) is 99.0 Å². The summed E-state index contributed by atoms with van der Waals surface area (Å²) >= 11 is 9.53. The van der Waals surface area contributed by atoms with E-state index >= 15 is 0 Å². The third kappa shape index (κ3) is 9.20. The topological polar surface area (TPSA) is 86.8 Å². The number of rotatable bonds is 11. The van der Waals surface area contributed by atoms with E-state index in [4.69, 9.17) is 11.6 Å². The van der Waals surface area contributed by atoms with Gasteiger partial charge in [-0.05, 0) is 55.3 Å². The van der Waals surface area contributed by atoms with E-state index in [0.29, 0.717) is 15.9 Å². The lowest BCUT2D eigenvalue weighted by Gasteiger charge is -2.34. The maximum absolute atomic E-state index is 14.0. The molecule has 0 aromatic heterocycles. The van der Waals surface area contributed by atoms with Crippen molar-refractivity contribution < 1.29 is 31.2 Å². The van der Waals surface area contributed by atoms with Gasteiger partial charge in [0.1, 0.15) is 12.6 Å². The van der Waals surface area contributed by atoms with Crippen molar-refractivity contribution in [2.45, 2.75) is 45.1 Å². The van der Waals surface area contributed by atoms with Crippen molar-refractivity contribution in [2.75, 3.05) is 17.1 Å². The Balaban J connectivity index is 2.11. The molecule has 0 spiro atoms. The van der Waals surface area contributed by atoms with E-state index in [9.17, 15) is 31.2 Å². The summed E-state index contributed by atoms with van der Waals surface area (Å²) in [4.78, 5) is 28.8. The van der Waals surface area contributed by atoms with Gasteiger partial charge in [0.25, 0.3) is 0 Å². The van der Waals surface area contributed by atoms with Gasteiger partial charge in [-0.15, -0.1) is 0 Å². The Morgan fingerprint density at radius 2 is 1.60 bits per heavy atom. The SMILES string of the molecule is CC(C)NC(=O)C(Cc1ccccc1)N(Cc1ccc(Br)cc1)C(=O)CN(c1cc(C(F)(F)F)ccc1Cl)S(C)(=O)=O. The number of benzene rings is 3. The molecule has 13 heteroatoms. The zero-order valence-corrected chi connectivity index (χ0v) is 26.2. The van der Waals surface area contributed by atoms with Crippen LogP contribution in [0.1, 0.15) is 30.5 Å². The Morgan fingerprint density at radius 3 is 2.14 bits per heavy atom. The van der Waals surface area contributed by atoms with Crippen LogP contribution in [0.4, 0.5) is 18.9 Å². The molecule has 3 rings (SSSR count). The van der Waals surface area contributed by atoms with E-state index in [1.54, 1.807) is 68.4 Å². The van der Waals surface area contributed by atoms with Crippen LogP contribution < -0.4 is 9.62 Å². The van der Waals surface area contributed by atoms with Gasteiger partial charge in [-0.1, -0.05) is 70.0 Å². The quantitative estimate of drug-likeness (QED) is 0.266. The molecule has 7 nitrogen and oxygen atoms in total. The molecular weight excluding hydrogens is 659 g/mol. The highest BCUT2D eigenvalue weighted by Crippen LogP contribution is 2.36. The largest absolute Gasteiger partial charge is 0.416 e. The molecule has 0 aliphatic carbocycles. The first-order chi connectivity index (χ1) is 19.6. The van der Waals surface area contributed by atoms with E-state index in [2.05, 4.69) is 21.2 Å². The van der Waals surface area contributed by atoms with E-state index in [1.165, 1.54) is 4.90 Å². The van der Waals surface area contributed by atoms with Gasteiger partial charge >= 0.3 is 6.18 Å². The number of anilines is 1. The molecule has 2 amide bonds. The number of nitrogens with zero attached hydrogens (tertiary/aromatic N) is 2. The maximum Gasteiger partial charge on any atom is 0.416 e. The van der Waals surface area contributed by atoms with E-state index in [-0.39, 0.29) is 24.0 Å². The number of nitrogens with one attached hydrogen (secondary N) is 1. The second-order valence-corrected chi connectivity index (χ2v) is 13.2. The molecule has 0 aliphatic rings. The minimum Gasteiger partial charge on any atom is -0.352 e. The van der Waals surface area contributed by atoms with Crippen molar-refractivity contribution in [1.82, 2.24) is 10.2 Å². The number of hydrogen-bond donors (Lipinski definition) is 1. The lowest BCUT2D eigenvalue weighted by molar-refractivity contribution is -0.140. The molecule has 226 valence electrons. The predicted molar refractivity (Wildman–Crippen MR) is 161 cm³/mol. The fourth-order valence-corrected chi connectivity index (χ4v) is 5.58. The summed E-state index contributed by atoms with van der Waals surface area (Å²) in [6.07, 6.45) is -3.91. The van der Waals surface area contributed by atoms with Crippen LogP contribution in [0.15, 0.2) is 77.3 Å². The predicted octanol–water partition coefficient (Wildman–Crippen LogP) is 6.05. The molecule has 42 heavy (non-hydrogen) atoms. The monoisotopic (exact) mass is 687 g/mol. The van der Waals surface area contributed by atoms with Crippen LogP contribution in [-0.2, 0) is 38.8 Å². The third-order valence-corrected chi connectivity index (χ3v) is 8.16. The summed E-state index contributed by atoms with van der Waals surface area (Å²) in [5, 5.41) is 2.53. The van der Waals surface area contributed by atoms with Gasteiger partial charge in [0, 0.05) is 23.5 Å². The third-order valence-electron chi connectivity index (χ3n) is 6.19. The molecule has 0 fully saturated rings. The average molecular weight is 689 g/mol. The summed E-state index contributed by atoms with van der Waals surface area (Å²) in [5.74, 6) is -1.28. The Labute approximate surface area is 256 Å². The first kappa shape index (κ1) is 33.4. The van der Waals surface area contributed by atoms with Crippen LogP contribution in [0.2, 0.25) is 5.02 Å². The number of hydrogen-bond acceptors (Lipinski definition) is 4. The average Bonchev–Trinajstić information content (AvgIpc) is 2.89. The zero-order chi connectivity index (χ0) is 31.2. The Hall–Kier alpha value is -3.09. The standard InChI is InChI=1S/C29H30BrClF3N3O4S/c1-19(2)35-28(39)26(15-20-7-5-4-6-8-20)36(17-21-9-12-23(30)13-10-21)27(38)18-37(42(3,40)41)25-16-22(29(32,33)34)11-14-24(25)31/h4-14,16,19,26H,15,17-18H2,1-3H3,(H,35,39). The van der Waals surface area contributed by atoms with Crippen LogP contribution in [0.3, 0.4) is 0 Å². The molecule has 1 atom stereocenters. The molecular formula is C29H30BrClF3N3O4S. The van der Waals surface area contributed by atoms with E-state index < -0.39 is 51.9 Å². The first-order valence-corrected chi connectivity index (χ1v) is 15.8. The highest BCUT2D eigenvalue weighted by Gasteiger charge is 2.36. The number of sulfonamides is 1. The van der Waals surface area contributed by atoms with Crippen LogP contribution in [-0.4, -0.2) is 50.0 Å². The summed E-state index contributed by atoms with van der Waals surface area (Å²) in [7, 11) is -4.31. The van der Waals surface area contributed by atoms with Gasteiger partial charge < -0.3 is 10.2 Å². The zero-order valence-electron chi connectivity index (χ0n) is 23.0. The number of alkyl halides is 3. The summed E-state index contributed by atoms with van der Waals surface area (Å²) in [6.45, 7) is 2.55. The first-order valence-electron chi connectivity index (χ1n) is 12.8. The van der Waals surface area contributed by atoms with Crippen molar-refractivity contribution in [3.63, 3.8) is 0 Å². The van der Waals surface area contributed by atoms with Gasteiger partial charge in [-0.2, -0.15) is 13.2 Å². The van der Waals surface area contributed by atoms with Gasteiger partial charge in [-0.25, -0.2) is 8.42 Å². The lowest BCUT2D eigenvalue weighted by atomic mass is 10.0. The smallest absolute Gasteiger partial charge is 0.352 e. The molecule has 3 aromatic carbocycles. The van der Waals surface area contributed by atoms with Crippen LogP contribution >= 0.6 is 27.5 Å².